The molecule has 1 aromatic carbocycles. The third kappa shape index (κ3) is 4.11. The predicted octanol–water partition coefficient (Wildman–Crippen LogP) is 4.20. The van der Waals surface area contributed by atoms with Crippen molar-refractivity contribution < 1.29 is 0 Å². The molecule has 0 heterocycles. The van der Waals surface area contributed by atoms with E-state index in [1.807, 2.05) is 0 Å². The highest BCUT2D eigenvalue weighted by Crippen LogP contribution is 2.27. The van der Waals surface area contributed by atoms with E-state index in [1.165, 1.54) is 11.1 Å². The lowest BCUT2D eigenvalue weighted by Gasteiger charge is -2.27. The Labute approximate surface area is 114 Å². The zero-order valence-electron chi connectivity index (χ0n) is 11.6. The second kappa shape index (κ2) is 5.53. The smallest absolute Gasteiger partial charge is 0.0517 e. The van der Waals surface area contributed by atoms with Crippen molar-refractivity contribution in [3.63, 3.8) is 0 Å². The minimum absolute atomic E-state index is 0.171. The molecule has 17 heavy (non-hydrogen) atoms. The van der Waals surface area contributed by atoms with E-state index in [2.05, 4.69) is 80.1 Å². The summed E-state index contributed by atoms with van der Waals surface area (Å²) >= 11 is 3.40. The monoisotopic (exact) mass is 297 g/mol. The molecule has 0 fully saturated rings. The highest BCUT2D eigenvalue weighted by atomic mass is 79.9. The van der Waals surface area contributed by atoms with Crippen molar-refractivity contribution in [1.82, 2.24) is 5.32 Å². The molecular formula is C15H24BrN. The van der Waals surface area contributed by atoms with Gasteiger partial charge in [-0.15, -0.1) is 0 Å². The Morgan fingerprint density at radius 2 is 1.41 bits per heavy atom. The van der Waals surface area contributed by atoms with E-state index >= 15 is 0 Å². The van der Waals surface area contributed by atoms with Crippen LogP contribution in [-0.2, 0) is 10.8 Å². The second-order valence-corrected chi connectivity index (χ2v) is 6.83. The van der Waals surface area contributed by atoms with Crippen LogP contribution in [0.5, 0.6) is 0 Å². The Bertz CT molecular complexity index is 346. The molecular weight excluding hydrogens is 274 g/mol. The molecule has 0 bridgehead atoms. The van der Waals surface area contributed by atoms with Gasteiger partial charge in [0.1, 0.15) is 0 Å². The van der Waals surface area contributed by atoms with Crippen LogP contribution in [0.15, 0.2) is 24.3 Å². The van der Waals surface area contributed by atoms with Gasteiger partial charge in [0.2, 0.25) is 0 Å². The summed E-state index contributed by atoms with van der Waals surface area (Å²) in [5.41, 5.74) is 4.03. The summed E-state index contributed by atoms with van der Waals surface area (Å²) in [7, 11) is 0. The summed E-state index contributed by atoms with van der Waals surface area (Å²) < 4.78 is 0. The first-order valence-corrected chi connectivity index (χ1v) is 7.27. The van der Waals surface area contributed by atoms with E-state index < -0.39 is 0 Å². The Kier molecular flexibility index (Phi) is 4.79. The number of hydrogen-bond donors (Lipinski definition) is 1. The molecule has 0 amide bonds. The van der Waals surface area contributed by atoms with Crippen molar-refractivity contribution in [3.8, 4) is 0 Å². The van der Waals surface area contributed by atoms with Gasteiger partial charge in [-0.1, -0.05) is 74.8 Å². The third-order valence-electron chi connectivity index (χ3n) is 3.19. The Balaban J connectivity index is 2.87. The summed E-state index contributed by atoms with van der Waals surface area (Å²) in [6.07, 6.45) is 0. The van der Waals surface area contributed by atoms with E-state index in [4.69, 9.17) is 0 Å². The SMILES string of the molecule is CC(C)(C)c1ccc(C(C)(C)CNCBr)cc1. The fourth-order valence-corrected chi connectivity index (χ4v) is 2.08. The van der Waals surface area contributed by atoms with Gasteiger partial charge in [0.15, 0.2) is 0 Å². The van der Waals surface area contributed by atoms with Crippen LogP contribution < -0.4 is 5.32 Å². The van der Waals surface area contributed by atoms with Crippen LogP contribution in [0.25, 0.3) is 0 Å². The van der Waals surface area contributed by atoms with Crippen LogP contribution >= 0.6 is 15.9 Å². The zero-order valence-corrected chi connectivity index (χ0v) is 13.2. The molecule has 0 spiro atoms. The van der Waals surface area contributed by atoms with Crippen molar-refractivity contribution in [1.29, 1.82) is 0 Å². The van der Waals surface area contributed by atoms with E-state index in [0.29, 0.717) is 0 Å². The molecule has 1 aromatic rings. The zero-order chi connectivity index (χ0) is 13.1. The maximum absolute atomic E-state index is 3.40. The van der Waals surface area contributed by atoms with Crippen LogP contribution in [0.1, 0.15) is 45.7 Å². The molecule has 0 aliphatic rings. The number of halogens is 1. The molecule has 0 saturated heterocycles. The molecule has 0 aliphatic carbocycles. The largest absolute Gasteiger partial charge is 0.306 e. The lowest BCUT2D eigenvalue weighted by atomic mass is 9.81. The van der Waals surface area contributed by atoms with Crippen molar-refractivity contribution in [2.75, 3.05) is 12.0 Å². The van der Waals surface area contributed by atoms with E-state index in [9.17, 15) is 0 Å². The van der Waals surface area contributed by atoms with Crippen molar-refractivity contribution >= 4 is 15.9 Å². The molecule has 96 valence electrons. The third-order valence-corrected chi connectivity index (χ3v) is 3.59. The lowest BCUT2D eigenvalue weighted by Crippen LogP contribution is -2.32. The molecule has 0 aromatic heterocycles. The van der Waals surface area contributed by atoms with Gasteiger partial charge in [-0.05, 0) is 16.5 Å². The van der Waals surface area contributed by atoms with Crippen molar-refractivity contribution in [3.05, 3.63) is 35.4 Å². The van der Waals surface area contributed by atoms with Gasteiger partial charge in [-0.25, -0.2) is 0 Å². The van der Waals surface area contributed by atoms with Gasteiger partial charge in [0, 0.05) is 12.0 Å². The molecule has 0 saturated carbocycles. The number of benzene rings is 1. The minimum Gasteiger partial charge on any atom is -0.306 e. The quantitative estimate of drug-likeness (QED) is 0.649. The van der Waals surface area contributed by atoms with Gasteiger partial charge in [-0.3, -0.25) is 0 Å². The molecule has 0 aliphatic heterocycles. The number of alkyl halides is 1. The van der Waals surface area contributed by atoms with Crippen LogP contribution in [0.3, 0.4) is 0 Å². The molecule has 1 nitrogen and oxygen atoms in total. The average Bonchev–Trinajstić information content (AvgIpc) is 2.25. The lowest BCUT2D eigenvalue weighted by molar-refractivity contribution is 0.490. The van der Waals surface area contributed by atoms with E-state index in [1.54, 1.807) is 0 Å². The van der Waals surface area contributed by atoms with Gasteiger partial charge in [0.05, 0.1) is 5.45 Å². The number of rotatable bonds is 4. The fourth-order valence-electron chi connectivity index (χ4n) is 1.88. The highest BCUT2D eigenvalue weighted by molar-refractivity contribution is 9.09. The Hall–Kier alpha value is -0.340. The van der Waals surface area contributed by atoms with Gasteiger partial charge < -0.3 is 5.32 Å². The molecule has 0 atom stereocenters. The van der Waals surface area contributed by atoms with Crippen LogP contribution in [0, 0.1) is 0 Å². The first-order valence-electron chi connectivity index (χ1n) is 6.15. The van der Waals surface area contributed by atoms with Gasteiger partial charge >= 0.3 is 0 Å². The van der Waals surface area contributed by atoms with Gasteiger partial charge in [-0.2, -0.15) is 0 Å². The van der Waals surface area contributed by atoms with Crippen molar-refractivity contribution in [2.45, 2.75) is 45.4 Å². The first kappa shape index (κ1) is 14.7. The van der Waals surface area contributed by atoms with Gasteiger partial charge in [0.25, 0.3) is 0 Å². The molecule has 0 unspecified atom stereocenters. The van der Waals surface area contributed by atoms with Crippen LogP contribution in [0.2, 0.25) is 0 Å². The molecule has 0 radical (unpaired) electrons. The maximum atomic E-state index is 3.40. The fraction of sp³-hybridized carbons (Fsp3) is 0.600. The minimum atomic E-state index is 0.171. The second-order valence-electron chi connectivity index (χ2n) is 6.27. The summed E-state index contributed by atoms with van der Waals surface area (Å²) in [6.45, 7) is 12.3. The molecule has 1 N–H and O–H groups in total. The summed E-state index contributed by atoms with van der Waals surface area (Å²) in [5, 5.41) is 3.35. The number of nitrogens with one attached hydrogen (secondary N) is 1. The highest BCUT2D eigenvalue weighted by Gasteiger charge is 2.21. The topological polar surface area (TPSA) is 12.0 Å². The average molecular weight is 298 g/mol. The predicted molar refractivity (Wildman–Crippen MR) is 80.0 cm³/mol. The van der Waals surface area contributed by atoms with Crippen LogP contribution in [0.4, 0.5) is 0 Å². The number of hydrogen-bond acceptors (Lipinski definition) is 1. The maximum Gasteiger partial charge on any atom is 0.0517 e. The van der Waals surface area contributed by atoms with Crippen LogP contribution in [-0.4, -0.2) is 12.0 Å². The van der Waals surface area contributed by atoms with E-state index in [-0.39, 0.29) is 10.8 Å². The van der Waals surface area contributed by atoms with Crippen molar-refractivity contribution in [2.24, 2.45) is 0 Å². The standard InChI is InChI=1S/C15H24BrN/c1-14(2,3)12-6-8-13(9-7-12)15(4,5)10-17-11-16/h6-9,17H,10-11H2,1-5H3. The Morgan fingerprint density at radius 1 is 0.941 bits per heavy atom. The summed E-state index contributed by atoms with van der Waals surface area (Å²) in [6, 6.07) is 9.03. The summed E-state index contributed by atoms with van der Waals surface area (Å²) in [5.74, 6) is 0. The molecule has 1 rings (SSSR count). The molecule has 2 heteroatoms. The normalized spacial score (nSPS) is 12.8. The van der Waals surface area contributed by atoms with E-state index in [0.717, 1.165) is 12.0 Å². The first-order chi connectivity index (χ1) is 7.77. The Morgan fingerprint density at radius 3 is 1.82 bits per heavy atom. The summed E-state index contributed by atoms with van der Waals surface area (Å²) in [4.78, 5) is 0.